The van der Waals surface area contributed by atoms with Gasteiger partial charge in [-0.1, -0.05) is 143 Å². The zero-order valence-electron chi connectivity index (χ0n) is 31.3. The summed E-state index contributed by atoms with van der Waals surface area (Å²) in [5.41, 5.74) is 12.9. The Balaban J connectivity index is 1.39. The summed E-state index contributed by atoms with van der Waals surface area (Å²) >= 11 is 0. The van der Waals surface area contributed by atoms with Crippen LogP contribution in [0.2, 0.25) is 0 Å². The predicted octanol–water partition coefficient (Wildman–Crippen LogP) is 14.2. The third kappa shape index (κ3) is 4.34. The van der Waals surface area contributed by atoms with Crippen molar-refractivity contribution in [3.05, 3.63) is 169 Å². The first-order valence-electron chi connectivity index (χ1n) is 19.4. The molecule has 0 bridgehead atoms. The molecular weight excluding hydrogens is 653 g/mol. The molecule has 0 fully saturated rings. The number of benzene rings is 8. The lowest BCUT2D eigenvalue weighted by atomic mass is 9.62. The number of rotatable bonds is 3. The van der Waals surface area contributed by atoms with E-state index in [1.54, 1.807) is 0 Å². The predicted molar refractivity (Wildman–Crippen MR) is 231 cm³/mol. The lowest BCUT2D eigenvalue weighted by Gasteiger charge is -2.42. The van der Waals surface area contributed by atoms with Gasteiger partial charge in [0.05, 0.1) is 22.1 Å². The van der Waals surface area contributed by atoms with E-state index in [1.807, 2.05) is 0 Å². The van der Waals surface area contributed by atoms with Crippen molar-refractivity contribution in [2.24, 2.45) is 0 Å². The number of aromatic nitrogens is 2. The van der Waals surface area contributed by atoms with Gasteiger partial charge < -0.3 is 9.13 Å². The van der Waals surface area contributed by atoms with Crippen molar-refractivity contribution in [2.45, 2.75) is 51.4 Å². The average molecular weight is 695 g/mol. The topological polar surface area (TPSA) is 9.86 Å². The second-order valence-corrected chi connectivity index (χ2v) is 16.8. The molecule has 0 N–H and O–H groups in total. The van der Waals surface area contributed by atoms with Crippen molar-refractivity contribution >= 4 is 65.2 Å². The van der Waals surface area contributed by atoms with Crippen molar-refractivity contribution in [2.75, 3.05) is 0 Å². The highest BCUT2D eigenvalue weighted by Crippen LogP contribution is 2.54. The van der Waals surface area contributed by atoms with Crippen LogP contribution < -0.4 is 0 Å². The highest BCUT2D eigenvalue weighted by atomic mass is 15.0. The van der Waals surface area contributed by atoms with E-state index in [4.69, 9.17) is 0 Å². The molecule has 0 amide bonds. The van der Waals surface area contributed by atoms with Gasteiger partial charge in [-0.25, -0.2) is 0 Å². The van der Waals surface area contributed by atoms with Crippen molar-refractivity contribution in [1.82, 2.24) is 9.13 Å². The van der Waals surface area contributed by atoms with Gasteiger partial charge in [-0.05, 0) is 110 Å². The third-order valence-corrected chi connectivity index (χ3v) is 12.7. The van der Waals surface area contributed by atoms with E-state index in [2.05, 4.69) is 195 Å². The summed E-state index contributed by atoms with van der Waals surface area (Å²) in [6.07, 6.45) is 2.33. The van der Waals surface area contributed by atoms with Crippen LogP contribution in [-0.4, -0.2) is 9.13 Å². The summed E-state index contributed by atoms with van der Waals surface area (Å²) in [5, 5.41) is 10.5. The van der Waals surface area contributed by atoms with Crippen LogP contribution in [0.5, 0.6) is 0 Å². The highest BCUT2D eigenvalue weighted by Gasteiger charge is 2.40. The van der Waals surface area contributed by atoms with E-state index < -0.39 is 0 Å². The second kappa shape index (κ2) is 11.2. The fourth-order valence-corrected chi connectivity index (χ4v) is 9.98. The largest absolute Gasteiger partial charge is 0.307 e. The molecule has 8 aromatic carbocycles. The Labute approximate surface area is 315 Å². The van der Waals surface area contributed by atoms with Gasteiger partial charge >= 0.3 is 0 Å². The van der Waals surface area contributed by atoms with Gasteiger partial charge in [-0.3, -0.25) is 0 Å². The molecular formula is C52H42N2. The number of para-hydroxylation sites is 2. The zero-order valence-corrected chi connectivity index (χ0v) is 31.3. The van der Waals surface area contributed by atoms with Crippen LogP contribution in [-0.2, 0) is 10.8 Å². The molecule has 0 saturated heterocycles. The minimum atomic E-state index is 0.0125. The Kier molecular flexibility index (Phi) is 6.51. The summed E-state index contributed by atoms with van der Waals surface area (Å²) in [6.45, 7) is 9.85. The normalized spacial score (nSPS) is 15.2. The molecule has 260 valence electrons. The molecule has 2 heteroatoms. The minimum absolute atomic E-state index is 0.0125. The number of nitrogens with zero attached hydrogens (tertiary/aromatic N) is 2. The monoisotopic (exact) mass is 694 g/mol. The molecule has 54 heavy (non-hydrogen) atoms. The summed E-state index contributed by atoms with van der Waals surface area (Å²) < 4.78 is 5.14. The van der Waals surface area contributed by atoms with Crippen molar-refractivity contribution in [3.8, 4) is 22.5 Å². The molecule has 1 aliphatic carbocycles. The van der Waals surface area contributed by atoms with Crippen LogP contribution in [0.25, 0.3) is 87.7 Å². The molecule has 0 spiro atoms. The maximum Gasteiger partial charge on any atom is 0.0795 e. The molecule has 0 atom stereocenters. The highest BCUT2D eigenvalue weighted by molar-refractivity contribution is 6.37. The lowest BCUT2D eigenvalue weighted by Crippen LogP contribution is -2.34. The van der Waals surface area contributed by atoms with E-state index >= 15 is 0 Å². The summed E-state index contributed by atoms with van der Waals surface area (Å²) in [5.74, 6) is 0. The van der Waals surface area contributed by atoms with Crippen molar-refractivity contribution in [3.63, 3.8) is 0 Å². The van der Waals surface area contributed by atoms with E-state index in [9.17, 15) is 0 Å². The number of hydrogen-bond acceptors (Lipinski definition) is 0. The smallest absolute Gasteiger partial charge is 0.0795 e. The first-order chi connectivity index (χ1) is 26.3. The first kappa shape index (κ1) is 31.4. The van der Waals surface area contributed by atoms with E-state index in [0.29, 0.717) is 0 Å². The minimum Gasteiger partial charge on any atom is -0.307 e. The van der Waals surface area contributed by atoms with Gasteiger partial charge in [0.2, 0.25) is 0 Å². The van der Waals surface area contributed by atoms with Crippen LogP contribution >= 0.6 is 0 Å². The molecule has 2 aromatic heterocycles. The van der Waals surface area contributed by atoms with Crippen molar-refractivity contribution in [1.29, 1.82) is 0 Å². The molecule has 2 nitrogen and oxygen atoms in total. The summed E-state index contributed by atoms with van der Waals surface area (Å²) in [7, 11) is 0. The lowest BCUT2D eigenvalue weighted by molar-refractivity contribution is 0.334. The second-order valence-electron chi connectivity index (χ2n) is 16.8. The van der Waals surface area contributed by atoms with Crippen LogP contribution in [0.1, 0.15) is 51.7 Å². The van der Waals surface area contributed by atoms with Gasteiger partial charge in [0.1, 0.15) is 0 Å². The molecule has 0 aliphatic heterocycles. The SMILES string of the molecule is CC1(C)CCC(C)(C)c2c1ccc1c2c2c3ccccc3c3c4ccccc4n(-c4ccccc4)c3c2n1-c1cccc(-c2ccc3ccccc3c2)c1. The Hall–Kier alpha value is -6.12. The van der Waals surface area contributed by atoms with Gasteiger partial charge in [0.15, 0.2) is 0 Å². The first-order valence-corrected chi connectivity index (χ1v) is 19.4. The fourth-order valence-electron chi connectivity index (χ4n) is 9.98. The molecule has 0 unspecified atom stereocenters. The average Bonchev–Trinajstić information content (AvgIpc) is 3.74. The Bertz CT molecular complexity index is 3150. The standard InChI is InChI=1S/C52H42N2/c1-51(2)29-30-52(3,4)48-42(51)27-28-44-47(48)46-40-22-11-10-21-39(40)45-41-23-12-13-24-43(41)53(37-18-6-5-7-19-37)49(45)50(46)54(44)38-20-14-17-35(32-38)36-26-25-33-15-8-9-16-34(33)31-36/h5-28,31-32H,29-30H2,1-4H3. The van der Waals surface area contributed by atoms with Gasteiger partial charge in [0.25, 0.3) is 0 Å². The molecule has 0 radical (unpaired) electrons. The molecule has 11 rings (SSSR count). The van der Waals surface area contributed by atoms with Gasteiger partial charge in [-0.2, -0.15) is 0 Å². The van der Waals surface area contributed by atoms with E-state index in [-0.39, 0.29) is 10.8 Å². The van der Waals surface area contributed by atoms with Crippen LogP contribution in [0.3, 0.4) is 0 Å². The van der Waals surface area contributed by atoms with Crippen LogP contribution in [0.15, 0.2) is 158 Å². The third-order valence-electron chi connectivity index (χ3n) is 12.7. The van der Waals surface area contributed by atoms with Gasteiger partial charge in [-0.15, -0.1) is 0 Å². The quantitative estimate of drug-likeness (QED) is 0.174. The van der Waals surface area contributed by atoms with E-state index in [0.717, 1.165) is 6.42 Å². The molecule has 1 aliphatic rings. The van der Waals surface area contributed by atoms with Gasteiger partial charge in [0, 0.05) is 32.9 Å². The number of hydrogen-bond donors (Lipinski definition) is 0. The Morgan fingerprint density at radius 3 is 1.83 bits per heavy atom. The molecule has 0 saturated carbocycles. The van der Waals surface area contributed by atoms with E-state index in [1.165, 1.54) is 105 Å². The molecule has 2 heterocycles. The number of fused-ring (bicyclic) bond motifs is 13. The maximum absolute atomic E-state index is 2.61. The van der Waals surface area contributed by atoms with Crippen LogP contribution in [0, 0.1) is 0 Å². The van der Waals surface area contributed by atoms with Crippen molar-refractivity contribution < 1.29 is 0 Å². The zero-order chi connectivity index (χ0) is 36.3. The molecule has 10 aromatic rings. The fraction of sp³-hybridized carbons (Fsp3) is 0.154. The Morgan fingerprint density at radius 1 is 0.407 bits per heavy atom. The maximum atomic E-state index is 2.61. The van der Waals surface area contributed by atoms with Crippen LogP contribution in [0.4, 0.5) is 0 Å². The Morgan fingerprint density at radius 2 is 1.02 bits per heavy atom. The summed E-state index contributed by atoms with van der Waals surface area (Å²) in [6, 6.07) is 58.8. The summed E-state index contributed by atoms with van der Waals surface area (Å²) in [4.78, 5) is 0.